The molecule has 3 N–H and O–H groups in total. The van der Waals surface area contributed by atoms with E-state index in [9.17, 15) is 13.2 Å². The maximum Gasteiger partial charge on any atom is 0.229 e. The summed E-state index contributed by atoms with van der Waals surface area (Å²) in [6.07, 6.45) is 1.54. The fourth-order valence-corrected chi connectivity index (χ4v) is 2.57. The summed E-state index contributed by atoms with van der Waals surface area (Å²) >= 11 is 0. The minimum absolute atomic E-state index is 0.0500. The highest BCUT2D eigenvalue weighted by atomic mass is 32.2. The van der Waals surface area contributed by atoms with Crippen LogP contribution < -0.4 is 10.5 Å². The van der Waals surface area contributed by atoms with E-state index in [-0.39, 0.29) is 5.78 Å². The van der Waals surface area contributed by atoms with Crippen LogP contribution in [-0.4, -0.2) is 20.5 Å². The van der Waals surface area contributed by atoms with Gasteiger partial charge in [0.1, 0.15) is 0 Å². The molecule has 2 rings (SSSR count). The first-order valence-corrected chi connectivity index (χ1v) is 9.46. The van der Waals surface area contributed by atoms with E-state index in [1.165, 1.54) is 0 Å². The molecule has 0 aliphatic heterocycles. The Kier molecular flexibility index (Phi) is 6.97. The minimum atomic E-state index is -3.27. The second kappa shape index (κ2) is 8.49. The second-order valence-corrected chi connectivity index (χ2v) is 7.29. The topological polar surface area (TPSA) is 89.3 Å². The van der Waals surface area contributed by atoms with E-state index in [0.717, 1.165) is 23.1 Å². The van der Waals surface area contributed by atoms with Gasteiger partial charge in [-0.25, -0.2) is 8.42 Å². The van der Waals surface area contributed by atoms with Crippen LogP contribution in [0.3, 0.4) is 0 Å². The molecule has 0 aromatic heterocycles. The summed E-state index contributed by atoms with van der Waals surface area (Å²) in [7, 11) is -3.27. The maximum atomic E-state index is 11.4. The highest BCUT2D eigenvalue weighted by Gasteiger charge is 2.08. The van der Waals surface area contributed by atoms with Gasteiger partial charge in [0.05, 0.1) is 11.9 Å². The fraction of sp³-hybridized carbons (Fsp3) is 0.278. The number of benzene rings is 2. The Hall–Kier alpha value is -2.34. The molecule has 0 radical (unpaired) electrons. The molecule has 5 nitrogen and oxygen atoms in total. The highest BCUT2D eigenvalue weighted by Crippen LogP contribution is 2.18. The van der Waals surface area contributed by atoms with Gasteiger partial charge in [0, 0.05) is 17.7 Å². The van der Waals surface area contributed by atoms with Crippen LogP contribution in [0.15, 0.2) is 42.5 Å². The van der Waals surface area contributed by atoms with Crippen molar-refractivity contribution in [2.24, 2.45) is 0 Å². The lowest BCUT2D eigenvalue weighted by Crippen LogP contribution is -2.11. The molecular formula is C18H24N2O3S. The Labute approximate surface area is 143 Å². The van der Waals surface area contributed by atoms with E-state index in [4.69, 9.17) is 5.73 Å². The Morgan fingerprint density at radius 1 is 1.08 bits per heavy atom. The number of para-hydroxylation sites is 1. The summed E-state index contributed by atoms with van der Waals surface area (Å²) in [4.78, 5) is 11.4. The monoisotopic (exact) mass is 348 g/mol. The van der Waals surface area contributed by atoms with Gasteiger partial charge in [-0.1, -0.05) is 25.1 Å². The van der Waals surface area contributed by atoms with Crippen molar-refractivity contribution < 1.29 is 13.2 Å². The van der Waals surface area contributed by atoms with Gasteiger partial charge in [-0.3, -0.25) is 9.52 Å². The zero-order valence-corrected chi connectivity index (χ0v) is 15.3. The van der Waals surface area contributed by atoms with Gasteiger partial charge in [-0.15, -0.1) is 0 Å². The third kappa shape index (κ3) is 6.42. The number of hydrogen-bond acceptors (Lipinski definition) is 4. The first kappa shape index (κ1) is 19.7. The van der Waals surface area contributed by atoms with Crippen molar-refractivity contribution in [1.29, 1.82) is 0 Å². The lowest BCUT2D eigenvalue weighted by molar-refractivity contribution is 0.0988. The maximum absolute atomic E-state index is 11.4. The molecule has 0 heterocycles. The molecule has 0 unspecified atom stereocenters. The molecule has 2 aromatic carbocycles. The van der Waals surface area contributed by atoms with Crippen molar-refractivity contribution in [3.8, 4) is 0 Å². The average molecular weight is 348 g/mol. The van der Waals surface area contributed by atoms with Crippen molar-refractivity contribution in [3.05, 3.63) is 59.2 Å². The van der Waals surface area contributed by atoms with E-state index in [2.05, 4.69) is 4.72 Å². The van der Waals surface area contributed by atoms with Crippen LogP contribution in [0.5, 0.6) is 0 Å². The molecule has 0 atom stereocenters. The van der Waals surface area contributed by atoms with Crippen LogP contribution in [-0.2, 0) is 10.0 Å². The summed E-state index contributed by atoms with van der Waals surface area (Å²) in [5, 5.41) is 0. The lowest BCUT2D eigenvalue weighted by atomic mass is 10.1. The number of carbonyl (C=O) groups is 1. The van der Waals surface area contributed by atoms with Crippen molar-refractivity contribution in [1.82, 2.24) is 0 Å². The standard InChI is InChI=1S/C11H15NO3S.C7H9N/c1-4-11(13)9-5-6-10(8(2)7-9)12-16(3,14)15;1-6-4-2-3-5-7(6)8/h5-7,12H,4H2,1-3H3;2-5H,8H2,1H3. The molecule has 0 bridgehead atoms. The van der Waals surface area contributed by atoms with E-state index in [0.29, 0.717) is 17.7 Å². The summed E-state index contributed by atoms with van der Waals surface area (Å²) < 4.78 is 24.5. The van der Waals surface area contributed by atoms with Gasteiger partial charge in [0.25, 0.3) is 0 Å². The van der Waals surface area contributed by atoms with Crippen molar-refractivity contribution >= 4 is 27.2 Å². The number of nitrogens with two attached hydrogens (primary N) is 1. The summed E-state index contributed by atoms with van der Waals surface area (Å²) in [6.45, 7) is 5.55. The second-order valence-electron chi connectivity index (χ2n) is 5.54. The normalized spacial score (nSPS) is 10.5. The lowest BCUT2D eigenvalue weighted by Gasteiger charge is -2.08. The number of hydrogen-bond donors (Lipinski definition) is 2. The Balaban J connectivity index is 0.000000300. The predicted octanol–water partition coefficient (Wildman–Crippen LogP) is 3.54. The molecule has 0 spiro atoms. The molecule has 130 valence electrons. The van der Waals surface area contributed by atoms with E-state index in [1.807, 2.05) is 31.2 Å². The zero-order chi connectivity index (χ0) is 18.3. The predicted molar refractivity (Wildman–Crippen MR) is 99.9 cm³/mol. The van der Waals surface area contributed by atoms with Crippen molar-refractivity contribution in [2.45, 2.75) is 27.2 Å². The number of rotatable bonds is 4. The summed E-state index contributed by atoms with van der Waals surface area (Å²) in [5.41, 5.74) is 9.39. The van der Waals surface area contributed by atoms with E-state index < -0.39 is 10.0 Å². The van der Waals surface area contributed by atoms with Crippen LogP contribution in [0.2, 0.25) is 0 Å². The summed E-state index contributed by atoms with van der Waals surface area (Å²) in [5.74, 6) is 0.0500. The first-order valence-electron chi connectivity index (χ1n) is 7.56. The molecule has 6 heteroatoms. The molecule has 2 aromatic rings. The van der Waals surface area contributed by atoms with Crippen molar-refractivity contribution in [3.63, 3.8) is 0 Å². The van der Waals surface area contributed by atoms with Gasteiger partial charge in [0.2, 0.25) is 10.0 Å². The number of ketones is 1. The van der Waals surface area contributed by atoms with Gasteiger partial charge in [-0.05, 0) is 49.2 Å². The molecule has 0 saturated carbocycles. The van der Waals surface area contributed by atoms with Crippen LogP contribution in [0.4, 0.5) is 11.4 Å². The van der Waals surface area contributed by atoms with Crippen LogP contribution in [0.1, 0.15) is 34.8 Å². The largest absolute Gasteiger partial charge is 0.399 e. The van der Waals surface area contributed by atoms with Gasteiger partial charge in [-0.2, -0.15) is 0 Å². The number of nitrogen functional groups attached to an aromatic ring is 1. The minimum Gasteiger partial charge on any atom is -0.399 e. The first-order chi connectivity index (χ1) is 11.1. The summed E-state index contributed by atoms with van der Waals surface area (Å²) in [6, 6.07) is 12.7. The Morgan fingerprint density at radius 2 is 1.71 bits per heavy atom. The highest BCUT2D eigenvalue weighted by molar-refractivity contribution is 7.92. The average Bonchev–Trinajstić information content (AvgIpc) is 2.51. The van der Waals surface area contributed by atoms with Gasteiger partial charge < -0.3 is 5.73 Å². The molecule has 0 fully saturated rings. The smallest absolute Gasteiger partial charge is 0.229 e. The van der Waals surface area contributed by atoms with Crippen LogP contribution in [0.25, 0.3) is 0 Å². The zero-order valence-electron chi connectivity index (χ0n) is 14.5. The van der Waals surface area contributed by atoms with Crippen molar-refractivity contribution in [2.75, 3.05) is 16.7 Å². The Morgan fingerprint density at radius 3 is 2.12 bits per heavy atom. The molecule has 0 saturated heterocycles. The Bertz CT molecular complexity index is 794. The van der Waals surface area contributed by atoms with Gasteiger partial charge >= 0.3 is 0 Å². The molecule has 0 amide bonds. The fourth-order valence-electron chi connectivity index (χ4n) is 1.94. The quantitative estimate of drug-likeness (QED) is 0.653. The third-order valence-electron chi connectivity index (χ3n) is 3.35. The van der Waals surface area contributed by atoms with E-state index >= 15 is 0 Å². The molecule has 0 aliphatic carbocycles. The number of anilines is 2. The number of nitrogens with one attached hydrogen (secondary N) is 1. The SMILES string of the molecule is CCC(=O)c1ccc(NS(C)(=O)=O)c(C)c1.Cc1ccccc1N. The molecular weight excluding hydrogens is 324 g/mol. The van der Waals surface area contributed by atoms with E-state index in [1.54, 1.807) is 32.0 Å². The number of carbonyl (C=O) groups excluding carboxylic acids is 1. The molecule has 24 heavy (non-hydrogen) atoms. The molecule has 0 aliphatic rings. The van der Waals surface area contributed by atoms with Crippen LogP contribution in [0, 0.1) is 13.8 Å². The third-order valence-corrected chi connectivity index (χ3v) is 3.94. The number of sulfonamides is 1. The number of Topliss-reactive ketones (excluding diaryl/α,β-unsaturated/α-hetero) is 1. The van der Waals surface area contributed by atoms with Crippen LogP contribution >= 0.6 is 0 Å². The number of aryl methyl sites for hydroxylation is 2. The van der Waals surface area contributed by atoms with Gasteiger partial charge in [0.15, 0.2) is 5.78 Å².